The van der Waals surface area contributed by atoms with E-state index >= 15 is 0 Å². The first-order valence-corrected chi connectivity index (χ1v) is 9.90. The Hall–Kier alpha value is -2.93. The van der Waals surface area contributed by atoms with Crippen molar-refractivity contribution in [2.75, 3.05) is 10.0 Å². The van der Waals surface area contributed by atoms with E-state index in [4.69, 9.17) is 0 Å². The predicted molar refractivity (Wildman–Crippen MR) is 105 cm³/mol. The summed E-state index contributed by atoms with van der Waals surface area (Å²) >= 11 is 0. The third kappa shape index (κ3) is 4.62. The van der Waals surface area contributed by atoms with Crippen LogP contribution in [0.2, 0.25) is 0 Å². The molecule has 27 heavy (non-hydrogen) atoms. The third-order valence-electron chi connectivity index (χ3n) is 4.12. The molecule has 0 saturated carbocycles. The lowest BCUT2D eigenvalue weighted by Gasteiger charge is -2.16. The van der Waals surface area contributed by atoms with Gasteiger partial charge >= 0.3 is 0 Å². The second-order valence-corrected chi connectivity index (χ2v) is 7.91. The van der Waals surface area contributed by atoms with Crippen LogP contribution in [0.15, 0.2) is 71.8 Å². The molecule has 0 spiro atoms. The van der Waals surface area contributed by atoms with E-state index in [1.54, 1.807) is 18.3 Å². The number of anilines is 2. The van der Waals surface area contributed by atoms with Crippen molar-refractivity contribution in [3.8, 4) is 0 Å². The lowest BCUT2D eigenvalue weighted by Crippen LogP contribution is -2.14. The summed E-state index contributed by atoms with van der Waals surface area (Å²) in [7, 11) is -3.83. The summed E-state index contributed by atoms with van der Waals surface area (Å²) in [6, 6.07) is 17.0. The number of sulfonamides is 1. The van der Waals surface area contributed by atoms with E-state index in [9.17, 15) is 12.8 Å². The molecule has 5 nitrogen and oxygen atoms in total. The average molecular weight is 385 g/mol. The maximum Gasteiger partial charge on any atom is 0.263 e. The van der Waals surface area contributed by atoms with Gasteiger partial charge < -0.3 is 5.32 Å². The maximum absolute atomic E-state index is 13.4. The van der Waals surface area contributed by atoms with Crippen LogP contribution >= 0.6 is 0 Å². The Morgan fingerprint density at radius 3 is 2.41 bits per heavy atom. The Kier molecular flexibility index (Phi) is 5.41. The normalized spacial score (nSPS) is 12.4. The van der Waals surface area contributed by atoms with Gasteiger partial charge in [0.15, 0.2) is 0 Å². The van der Waals surface area contributed by atoms with Gasteiger partial charge in [-0.1, -0.05) is 30.3 Å². The fourth-order valence-electron chi connectivity index (χ4n) is 2.60. The summed E-state index contributed by atoms with van der Waals surface area (Å²) in [6.45, 7) is 3.55. The molecule has 0 bridgehead atoms. The lowest BCUT2D eigenvalue weighted by molar-refractivity contribution is 0.598. The quantitative estimate of drug-likeness (QED) is 0.655. The number of halogens is 1. The van der Waals surface area contributed by atoms with Gasteiger partial charge in [-0.15, -0.1) is 0 Å². The first-order chi connectivity index (χ1) is 12.8. The van der Waals surface area contributed by atoms with Crippen LogP contribution < -0.4 is 10.0 Å². The number of nitrogens with one attached hydrogen (secondary N) is 2. The molecule has 2 aromatic carbocycles. The lowest BCUT2D eigenvalue weighted by atomic mass is 10.1. The minimum absolute atomic E-state index is 0.0110. The molecule has 1 unspecified atom stereocenters. The Morgan fingerprint density at radius 2 is 1.78 bits per heavy atom. The molecule has 0 aliphatic heterocycles. The van der Waals surface area contributed by atoms with Gasteiger partial charge in [0.05, 0.1) is 16.8 Å². The zero-order valence-corrected chi connectivity index (χ0v) is 15.8. The average Bonchev–Trinajstić information content (AvgIpc) is 2.66. The third-order valence-corrected chi connectivity index (χ3v) is 5.48. The Balaban J connectivity index is 1.70. The molecule has 0 amide bonds. The molecule has 3 aromatic rings. The van der Waals surface area contributed by atoms with E-state index in [0.29, 0.717) is 0 Å². The molecule has 0 aliphatic rings. The summed E-state index contributed by atoms with van der Waals surface area (Å²) in [4.78, 5) is 4.14. The fourth-order valence-corrected chi connectivity index (χ4v) is 3.69. The molecule has 0 fully saturated rings. The van der Waals surface area contributed by atoms with E-state index in [1.807, 2.05) is 37.3 Å². The van der Waals surface area contributed by atoms with Gasteiger partial charge in [-0.05, 0) is 55.3 Å². The molecule has 0 aliphatic carbocycles. The summed E-state index contributed by atoms with van der Waals surface area (Å²) in [6.07, 6.45) is 1.56. The predicted octanol–water partition coefficient (Wildman–Crippen LogP) is 4.50. The highest BCUT2D eigenvalue weighted by atomic mass is 32.2. The van der Waals surface area contributed by atoms with E-state index in [2.05, 4.69) is 15.0 Å². The number of rotatable bonds is 6. The number of aromatic nitrogens is 1. The minimum Gasteiger partial charge on any atom is -0.377 e. The SMILES string of the molecule is Cc1cc(S(=O)(=O)Nc2ccc(NC(C)c3ccccc3)cn2)ccc1F. The van der Waals surface area contributed by atoms with Crippen LogP contribution in [-0.2, 0) is 10.0 Å². The van der Waals surface area contributed by atoms with Crippen LogP contribution in [0.25, 0.3) is 0 Å². The highest BCUT2D eigenvalue weighted by Gasteiger charge is 2.16. The van der Waals surface area contributed by atoms with Crippen molar-refractivity contribution in [1.82, 2.24) is 4.98 Å². The number of benzene rings is 2. The summed E-state index contributed by atoms with van der Waals surface area (Å²) in [5.74, 6) is -0.259. The van der Waals surface area contributed by atoms with Gasteiger partial charge in [-0.3, -0.25) is 4.72 Å². The molecule has 0 radical (unpaired) electrons. The first kappa shape index (κ1) is 18.8. The van der Waals surface area contributed by atoms with E-state index < -0.39 is 15.8 Å². The summed E-state index contributed by atoms with van der Waals surface area (Å²) in [5.41, 5.74) is 2.17. The van der Waals surface area contributed by atoms with Crippen molar-refractivity contribution in [1.29, 1.82) is 0 Å². The van der Waals surface area contributed by atoms with E-state index in [0.717, 1.165) is 17.3 Å². The number of hydrogen-bond donors (Lipinski definition) is 2. The molecule has 3 rings (SSSR count). The van der Waals surface area contributed by atoms with Gasteiger partial charge in [0.2, 0.25) is 0 Å². The Labute approximate surface area is 158 Å². The second kappa shape index (κ2) is 7.75. The molecule has 1 aromatic heterocycles. The highest BCUT2D eigenvalue weighted by Crippen LogP contribution is 2.21. The van der Waals surface area contributed by atoms with Crippen LogP contribution in [-0.4, -0.2) is 13.4 Å². The van der Waals surface area contributed by atoms with Gasteiger partial charge in [-0.2, -0.15) is 0 Å². The van der Waals surface area contributed by atoms with Gasteiger partial charge in [0, 0.05) is 6.04 Å². The van der Waals surface area contributed by atoms with Crippen LogP contribution in [0.5, 0.6) is 0 Å². The van der Waals surface area contributed by atoms with Crippen LogP contribution in [0.1, 0.15) is 24.1 Å². The molecule has 2 N–H and O–H groups in total. The van der Waals surface area contributed by atoms with Crippen molar-refractivity contribution < 1.29 is 12.8 Å². The Bertz CT molecular complexity index is 1020. The highest BCUT2D eigenvalue weighted by molar-refractivity contribution is 7.92. The van der Waals surface area contributed by atoms with E-state index in [1.165, 1.54) is 19.1 Å². The zero-order chi connectivity index (χ0) is 19.4. The fraction of sp³-hybridized carbons (Fsp3) is 0.150. The number of nitrogens with zero attached hydrogens (tertiary/aromatic N) is 1. The second-order valence-electron chi connectivity index (χ2n) is 6.23. The largest absolute Gasteiger partial charge is 0.377 e. The molecular weight excluding hydrogens is 365 g/mol. The van der Waals surface area contributed by atoms with Crippen molar-refractivity contribution in [2.24, 2.45) is 0 Å². The molecule has 1 atom stereocenters. The van der Waals surface area contributed by atoms with Crippen LogP contribution in [0, 0.1) is 12.7 Å². The summed E-state index contributed by atoms with van der Waals surface area (Å²) < 4.78 is 40.6. The standard InChI is InChI=1S/C20H20FN3O2S/c1-14-12-18(9-10-19(14)21)27(25,26)24-20-11-8-17(13-22-20)23-15(2)16-6-4-3-5-7-16/h3-13,15,23H,1-2H3,(H,22,24). The smallest absolute Gasteiger partial charge is 0.263 e. The minimum atomic E-state index is -3.83. The maximum atomic E-state index is 13.4. The molecule has 1 heterocycles. The number of aryl methyl sites for hydroxylation is 1. The van der Waals surface area contributed by atoms with E-state index in [-0.39, 0.29) is 22.3 Å². The first-order valence-electron chi connectivity index (χ1n) is 8.42. The van der Waals surface area contributed by atoms with Crippen molar-refractivity contribution in [3.05, 3.63) is 83.8 Å². The monoisotopic (exact) mass is 385 g/mol. The van der Waals surface area contributed by atoms with Crippen LogP contribution in [0.3, 0.4) is 0 Å². The molecule has 0 saturated heterocycles. The van der Waals surface area contributed by atoms with Crippen molar-refractivity contribution >= 4 is 21.5 Å². The zero-order valence-electron chi connectivity index (χ0n) is 15.0. The topological polar surface area (TPSA) is 71.1 Å². The van der Waals surface area contributed by atoms with Gasteiger partial charge in [0.1, 0.15) is 11.6 Å². The molecular formula is C20H20FN3O2S. The summed E-state index contributed by atoms with van der Waals surface area (Å²) in [5, 5.41) is 3.31. The van der Waals surface area contributed by atoms with Crippen molar-refractivity contribution in [2.45, 2.75) is 24.8 Å². The number of hydrogen-bond acceptors (Lipinski definition) is 4. The van der Waals surface area contributed by atoms with Gasteiger partial charge in [0.25, 0.3) is 10.0 Å². The van der Waals surface area contributed by atoms with Crippen LogP contribution in [0.4, 0.5) is 15.9 Å². The Morgan fingerprint density at radius 1 is 1.04 bits per heavy atom. The molecule has 140 valence electrons. The molecule has 7 heteroatoms. The number of pyridine rings is 1. The van der Waals surface area contributed by atoms with Gasteiger partial charge in [-0.25, -0.2) is 17.8 Å². The van der Waals surface area contributed by atoms with Crippen molar-refractivity contribution in [3.63, 3.8) is 0 Å².